The van der Waals surface area contributed by atoms with Gasteiger partial charge in [0, 0.05) is 17.3 Å². The van der Waals surface area contributed by atoms with Crippen molar-refractivity contribution in [1.29, 1.82) is 0 Å². The van der Waals surface area contributed by atoms with Crippen LogP contribution in [0.2, 0.25) is 0 Å². The molecule has 0 radical (unpaired) electrons. The van der Waals surface area contributed by atoms with Crippen LogP contribution < -0.4 is 10.6 Å². The van der Waals surface area contributed by atoms with Gasteiger partial charge in [-0.25, -0.2) is 4.98 Å². The summed E-state index contributed by atoms with van der Waals surface area (Å²) in [5, 5.41) is 5.86. The van der Waals surface area contributed by atoms with Gasteiger partial charge >= 0.3 is 0 Å². The fourth-order valence-electron chi connectivity index (χ4n) is 2.95. The van der Waals surface area contributed by atoms with Crippen LogP contribution in [-0.4, -0.2) is 22.8 Å². The Morgan fingerprint density at radius 3 is 2.36 bits per heavy atom. The van der Waals surface area contributed by atoms with E-state index < -0.39 is 0 Å². The number of pyridine rings is 1. The van der Waals surface area contributed by atoms with E-state index >= 15 is 0 Å². The number of amides is 2. The lowest BCUT2D eigenvalue weighted by atomic mass is 9.95. The number of halogens is 1. The lowest BCUT2D eigenvalue weighted by Crippen LogP contribution is -2.36. The van der Waals surface area contributed by atoms with Gasteiger partial charge in [-0.05, 0) is 65.2 Å². The first-order valence-electron chi connectivity index (χ1n) is 8.46. The van der Waals surface area contributed by atoms with Crippen molar-refractivity contribution >= 4 is 33.4 Å². The monoisotopic (exact) mass is 401 g/mol. The van der Waals surface area contributed by atoms with Gasteiger partial charge < -0.3 is 10.6 Å². The lowest BCUT2D eigenvalue weighted by molar-refractivity contribution is 0.0927. The smallest absolute Gasteiger partial charge is 0.274 e. The number of rotatable bonds is 4. The van der Waals surface area contributed by atoms with E-state index in [9.17, 15) is 9.59 Å². The van der Waals surface area contributed by atoms with Crippen LogP contribution in [0.5, 0.6) is 0 Å². The van der Waals surface area contributed by atoms with Gasteiger partial charge in [-0.1, -0.05) is 25.3 Å². The predicted molar refractivity (Wildman–Crippen MR) is 101 cm³/mol. The summed E-state index contributed by atoms with van der Waals surface area (Å²) in [6, 6.07) is 12.3. The lowest BCUT2D eigenvalue weighted by Gasteiger charge is -2.22. The molecule has 25 heavy (non-hydrogen) atoms. The Bertz CT molecular complexity index is 756. The first-order chi connectivity index (χ1) is 12.1. The van der Waals surface area contributed by atoms with Gasteiger partial charge in [0.2, 0.25) is 0 Å². The minimum absolute atomic E-state index is 0.0570. The molecule has 1 aromatic heterocycles. The van der Waals surface area contributed by atoms with Crippen LogP contribution in [0.15, 0.2) is 47.1 Å². The molecule has 1 aliphatic carbocycles. The normalized spacial score (nSPS) is 14.8. The van der Waals surface area contributed by atoms with Gasteiger partial charge in [-0.15, -0.1) is 0 Å². The van der Waals surface area contributed by atoms with Crippen molar-refractivity contribution in [1.82, 2.24) is 10.3 Å². The number of hydrogen-bond acceptors (Lipinski definition) is 3. The Morgan fingerprint density at radius 2 is 1.68 bits per heavy atom. The number of aromatic nitrogens is 1. The van der Waals surface area contributed by atoms with Crippen molar-refractivity contribution in [2.75, 3.05) is 5.32 Å². The van der Waals surface area contributed by atoms with E-state index in [2.05, 4.69) is 31.5 Å². The zero-order valence-corrected chi connectivity index (χ0v) is 15.4. The number of anilines is 1. The molecule has 0 aliphatic heterocycles. The van der Waals surface area contributed by atoms with Crippen LogP contribution in [0, 0.1) is 0 Å². The highest BCUT2D eigenvalue weighted by Crippen LogP contribution is 2.18. The van der Waals surface area contributed by atoms with E-state index in [0.29, 0.717) is 21.5 Å². The highest BCUT2D eigenvalue weighted by atomic mass is 79.9. The molecule has 2 aromatic rings. The molecule has 1 aromatic carbocycles. The fourth-order valence-corrected chi connectivity index (χ4v) is 3.29. The summed E-state index contributed by atoms with van der Waals surface area (Å²) in [6.45, 7) is 0. The summed E-state index contributed by atoms with van der Waals surface area (Å²) in [5.74, 6) is -0.348. The third-order valence-corrected chi connectivity index (χ3v) is 4.73. The Morgan fingerprint density at radius 1 is 0.960 bits per heavy atom. The van der Waals surface area contributed by atoms with Gasteiger partial charge in [0.05, 0.1) is 0 Å². The van der Waals surface area contributed by atoms with Crippen LogP contribution in [0.4, 0.5) is 5.69 Å². The summed E-state index contributed by atoms with van der Waals surface area (Å²) >= 11 is 3.25. The van der Waals surface area contributed by atoms with Crippen LogP contribution >= 0.6 is 15.9 Å². The second kappa shape index (κ2) is 8.25. The molecule has 1 heterocycles. The number of carbonyl (C=O) groups is 2. The van der Waals surface area contributed by atoms with Crippen molar-refractivity contribution in [3.63, 3.8) is 0 Å². The van der Waals surface area contributed by atoms with Gasteiger partial charge in [0.15, 0.2) is 0 Å². The molecule has 6 heteroatoms. The third-order valence-electron chi connectivity index (χ3n) is 4.29. The van der Waals surface area contributed by atoms with Gasteiger partial charge in [-0.3, -0.25) is 9.59 Å². The Balaban J connectivity index is 1.59. The molecule has 3 rings (SSSR count). The van der Waals surface area contributed by atoms with Crippen LogP contribution in [-0.2, 0) is 0 Å². The standard InChI is InChI=1S/C19H20BrN3O2/c20-17-8-4-7-16(23-17)19(25)22-15-11-9-13(10-12-15)18(24)21-14-5-2-1-3-6-14/h4,7-12,14H,1-3,5-6H2,(H,21,24)(H,22,25). The summed E-state index contributed by atoms with van der Waals surface area (Å²) in [6.07, 6.45) is 5.73. The largest absolute Gasteiger partial charge is 0.349 e. The molecule has 1 aliphatic rings. The van der Waals surface area contributed by atoms with Crippen LogP contribution in [0.3, 0.4) is 0 Å². The molecule has 5 nitrogen and oxygen atoms in total. The van der Waals surface area contributed by atoms with Gasteiger partial charge in [-0.2, -0.15) is 0 Å². The summed E-state index contributed by atoms with van der Waals surface area (Å²) < 4.78 is 0.606. The number of nitrogens with zero attached hydrogens (tertiary/aromatic N) is 1. The zero-order valence-electron chi connectivity index (χ0n) is 13.8. The van der Waals surface area contributed by atoms with E-state index in [1.165, 1.54) is 19.3 Å². The molecule has 1 fully saturated rings. The maximum Gasteiger partial charge on any atom is 0.274 e. The predicted octanol–water partition coefficient (Wildman–Crippen LogP) is 4.16. The maximum atomic E-state index is 12.3. The van der Waals surface area contributed by atoms with E-state index in [0.717, 1.165) is 12.8 Å². The number of carbonyl (C=O) groups excluding carboxylic acids is 2. The second-order valence-corrected chi connectivity index (χ2v) is 7.00. The number of nitrogens with one attached hydrogen (secondary N) is 2. The average Bonchev–Trinajstić information content (AvgIpc) is 2.63. The van der Waals surface area contributed by atoms with E-state index in [1.54, 1.807) is 42.5 Å². The third kappa shape index (κ3) is 4.89. The van der Waals surface area contributed by atoms with Gasteiger partial charge in [0.1, 0.15) is 10.3 Å². The minimum Gasteiger partial charge on any atom is -0.349 e. The molecule has 2 N–H and O–H groups in total. The first-order valence-corrected chi connectivity index (χ1v) is 9.26. The zero-order chi connectivity index (χ0) is 17.6. The second-order valence-electron chi connectivity index (χ2n) is 6.19. The molecular formula is C19H20BrN3O2. The molecule has 0 atom stereocenters. The quantitative estimate of drug-likeness (QED) is 0.755. The summed E-state index contributed by atoms with van der Waals surface area (Å²) in [4.78, 5) is 28.6. The van der Waals surface area contributed by atoms with E-state index in [4.69, 9.17) is 0 Å². The first kappa shape index (κ1) is 17.6. The van der Waals surface area contributed by atoms with Crippen molar-refractivity contribution in [3.8, 4) is 0 Å². The molecule has 0 saturated heterocycles. The van der Waals surface area contributed by atoms with Crippen molar-refractivity contribution < 1.29 is 9.59 Å². The van der Waals surface area contributed by atoms with E-state index in [-0.39, 0.29) is 17.9 Å². The summed E-state index contributed by atoms with van der Waals surface area (Å²) in [7, 11) is 0. The van der Waals surface area contributed by atoms with Crippen molar-refractivity contribution in [2.24, 2.45) is 0 Å². The Hall–Kier alpha value is -2.21. The molecule has 1 saturated carbocycles. The fraction of sp³-hybridized carbons (Fsp3) is 0.316. The number of benzene rings is 1. The minimum atomic E-state index is -0.291. The topological polar surface area (TPSA) is 71.1 Å². The average molecular weight is 402 g/mol. The summed E-state index contributed by atoms with van der Waals surface area (Å²) in [5.41, 5.74) is 1.55. The molecular weight excluding hydrogens is 382 g/mol. The van der Waals surface area contributed by atoms with Crippen molar-refractivity contribution in [3.05, 3.63) is 58.3 Å². The van der Waals surface area contributed by atoms with E-state index in [1.807, 2.05) is 0 Å². The highest BCUT2D eigenvalue weighted by Gasteiger charge is 2.16. The molecule has 0 unspecified atom stereocenters. The molecule has 0 spiro atoms. The molecule has 130 valence electrons. The maximum absolute atomic E-state index is 12.3. The highest BCUT2D eigenvalue weighted by molar-refractivity contribution is 9.10. The van der Waals surface area contributed by atoms with Crippen molar-refractivity contribution in [2.45, 2.75) is 38.1 Å². The van der Waals surface area contributed by atoms with Crippen LogP contribution in [0.25, 0.3) is 0 Å². The SMILES string of the molecule is O=C(NC1CCCCC1)c1ccc(NC(=O)c2cccc(Br)n2)cc1. The molecule has 0 bridgehead atoms. The van der Waals surface area contributed by atoms with Gasteiger partial charge in [0.25, 0.3) is 11.8 Å². The Labute approximate surface area is 155 Å². The molecule has 2 amide bonds. The van der Waals surface area contributed by atoms with Crippen LogP contribution in [0.1, 0.15) is 53.0 Å². The number of hydrogen-bond donors (Lipinski definition) is 2. The Kier molecular flexibility index (Phi) is 5.81.